The first kappa shape index (κ1) is 13.5. The predicted octanol–water partition coefficient (Wildman–Crippen LogP) is 3.69. The molecule has 0 spiro atoms. The molecule has 0 aliphatic rings. The van der Waals surface area contributed by atoms with Crippen molar-refractivity contribution in [1.29, 1.82) is 0 Å². The standard InChI is InChI=1S/C17H18N4/c1-3-14-16(20-11-21-17(14)18-4-2)13-7-8-15-12(10-13)6-5-9-19-15/h5-11H,3-4H2,1-2H3,(H,18,20,21). The molecule has 3 rings (SSSR count). The lowest BCUT2D eigenvalue weighted by Gasteiger charge is -2.12. The molecular formula is C17H18N4. The van der Waals surface area contributed by atoms with Gasteiger partial charge in [-0.1, -0.05) is 19.1 Å². The van der Waals surface area contributed by atoms with Crippen LogP contribution in [0.1, 0.15) is 19.4 Å². The van der Waals surface area contributed by atoms with Crippen molar-refractivity contribution in [3.63, 3.8) is 0 Å². The minimum atomic E-state index is 0.852. The average Bonchev–Trinajstić information content (AvgIpc) is 2.54. The van der Waals surface area contributed by atoms with E-state index in [2.05, 4.69) is 52.3 Å². The molecule has 0 aliphatic carbocycles. The van der Waals surface area contributed by atoms with E-state index >= 15 is 0 Å². The van der Waals surface area contributed by atoms with Gasteiger partial charge in [0.2, 0.25) is 0 Å². The Balaban J connectivity index is 2.15. The Morgan fingerprint density at radius 2 is 1.95 bits per heavy atom. The molecule has 0 saturated carbocycles. The highest BCUT2D eigenvalue weighted by Crippen LogP contribution is 2.28. The maximum absolute atomic E-state index is 4.50. The fourth-order valence-corrected chi connectivity index (χ4v) is 2.54. The van der Waals surface area contributed by atoms with Crippen LogP contribution in [0.3, 0.4) is 0 Å². The molecule has 0 amide bonds. The number of rotatable bonds is 4. The molecule has 2 heterocycles. The van der Waals surface area contributed by atoms with Gasteiger partial charge in [0.05, 0.1) is 11.2 Å². The summed E-state index contributed by atoms with van der Waals surface area (Å²) in [6.07, 6.45) is 4.33. The van der Waals surface area contributed by atoms with E-state index in [1.54, 1.807) is 6.33 Å². The van der Waals surface area contributed by atoms with Crippen molar-refractivity contribution in [2.75, 3.05) is 11.9 Å². The van der Waals surface area contributed by atoms with Crippen LogP contribution in [0.15, 0.2) is 42.9 Å². The lowest BCUT2D eigenvalue weighted by atomic mass is 10.0. The van der Waals surface area contributed by atoms with Crippen LogP contribution in [-0.2, 0) is 6.42 Å². The Bertz CT molecular complexity index is 768. The lowest BCUT2D eigenvalue weighted by Crippen LogP contribution is -2.05. The van der Waals surface area contributed by atoms with Crippen LogP contribution < -0.4 is 5.32 Å². The summed E-state index contributed by atoms with van der Waals surface area (Å²) < 4.78 is 0. The minimum absolute atomic E-state index is 0.852. The molecule has 0 fully saturated rings. The van der Waals surface area contributed by atoms with Crippen LogP contribution in [0.4, 0.5) is 5.82 Å². The number of pyridine rings is 1. The van der Waals surface area contributed by atoms with E-state index < -0.39 is 0 Å². The van der Waals surface area contributed by atoms with Crippen LogP contribution >= 0.6 is 0 Å². The maximum atomic E-state index is 4.50. The Kier molecular flexibility index (Phi) is 3.77. The molecule has 0 aliphatic heterocycles. The summed E-state index contributed by atoms with van der Waals surface area (Å²) in [5, 5.41) is 4.44. The number of aromatic nitrogens is 3. The van der Waals surface area contributed by atoms with Crippen molar-refractivity contribution < 1.29 is 0 Å². The second kappa shape index (κ2) is 5.87. The number of hydrogen-bond acceptors (Lipinski definition) is 4. The smallest absolute Gasteiger partial charge is 0.133 e. The molecule has 4 nitrogen and oxygen atoms in total. The highest BCUT2D eigenvalue weighted by atomic mass is 15.0. The Hall–Kier alpha value is -2.49. The van der Waals surface area contributed by atoms with E-state index in [-0.39, 0.29) is 0 Å². The molecular weight excluding hydrogens is 260 g/mol. The Morgan fingerprint density at radius 1 is 1.05 bits per heavy atom. The Morgan fingerprint density at radius 3 is 2.76 bits per heavy atom. The normalized spacial score (nSPS) is 10.8. The van der Waals surface area contributed by atoms with Crippen molar-refractivity contribution in [2.24, 2.45) is 0 Å². The van der Waals surface area contributed by atoms with Gasteiger partial charge in [-0.2, -0.15) is 0 Å². The zero-order valence-corrected chi connectivity index (χ0v) is 12.3. The molecule has 1 aromatic carbocycles. The van der Waals surface area contributed by atoms with Crippen molar-refractivity contribution >= 4 is 16.7 Å². The van der Waals surface area contributed by atoms with Gasteiger partial charge in [-0.05, 0) is 31.5 Å². The highest BCUT2D eigenvalue weighted by molar-refractivity contribution is 5.84. The third-order valence-electron chi connectivity index (χ3n) is 3.52. The molecule has 1 N–H and O–H groups in total. The molecule has 3 aromatic rings. The van der Waals surface area contributed by atoms with Gasteiger partial charge < -0.3 is 5.32 Å². The molecule has 0 saturated heterocycles. The largest absolute Gasteiger partial charge is 0.370 e. The van der Waals surface area contributed by atoms with Crippen LogP contribution in [0.2, 0.25) is 0 Å². The predicted molar refractivity (Wildman–Crippen MR) is 86.3 cm³/mol. The summed E-state index contributed by atoms with van der Waals surface area (Å²) in [4.78, 5) is 13.2. The number of nitrogens with one attached hydrogen (secondary N) is 1. The summed E-state index contributed by atoms with van der Waals surface area (Å²) in [5.41, 5.74) is 4.26. The summed E-state index contributed by atoms with van der Waals surface area (Å²) >= 11 is 0. The summed E-state index contributed by atoms with van der Waals surface area (Å²) in [7, 11) is 0. The van der Waals surface area contributed by atoms with E-state index in [0.717, 1.165) is 46.5 Å². The van der Waals surface area contributed by atoms with E-state index in [4.69, 9.17) is 0 Å². The topological polar surface area (TPSA) is 50.7 Å². The first-order chi connectivity index (χ1) is 10.3. The van der Waals surface area contributed by atoms with E-state index in [9.17, 15) is 0 Å². The van der Waals surface area contributed by atoms with Gasteiger partial charge in [0.25, 0.3) is 0 Å². The first-order valence-corrected chi connectivity index (χ1v) is 7.26. The summed E-state index contributed by atoms with van der Waals surface area (Å²) in [6, 6.07) is 10.3. The molecule has 0 unspecified atom stereocenters. The molecule has 0 atom stereocenters. The number of nitrogens with zero attached hydrogens (tertiary/aromatic N) is 3. The SMILES string of the molecule is CCNc1ncnc(-c2ccc3ncccc3c2)c1CC. The second-order valence-corrected chi connectivity index (χ2v) is 4.84. The molecule has 4 heteroatoms. The molecule has 0 bridgehead atoms. The maximum Gasteiger partial charge on any atom is 0.133 e. The van der Waals surface area contributed by atoms with Crippen molar-refractivity contribution in [2.45, 2.75) is 20.3 Å². The number of benzene rings is 1. The minimum Gasteiger partial charge on any atom is -0.370 e. The van der Waals surface area contributed by atoms with Gasteiger partial charge >= 0.3 is 0 Å². The monoisotopic (exact) mass is 278 g/mol. The van der Waals surface area contributed by atoms with Crippen LogP contribution in [0.5, 0.6) is 0 Å². The van der Waals surface area contributed by atoms with E-state index in [1.807, 2.05) is 18.3 Å². The fraction of sp³-hybridized carbons (Fsp3) is 0.235. The van der Waals surface area contributed by atoms with Crippen LogP contribution in [0, 0.1) is 0 Å². The number of hydrogen-bond donors (Lipinski definition) is 1. The van der Waals surface area contributed by atoms with E-state index in [1.165, 1.54) is 0 Å². The summed E-state index contributed by atoms with van der Waals surface area (Å²) in [6.45, 7) is 5.06. The van der Waals surface area contributed by atoms with Gasteiger partial charge in [0.1, 0.15) is 12.1 Å². The quantitative estimate of drug-likeness (QED) is 0.791. The average molecular weight is 278 g/mol. The molecule has 2 aromatic heterocycles. The number of anilines is 1. The zero-order valence-electron chi connectivity index (χ0n) is 12.3. The van der Waals surface area contributed by atoms with Gasteiger partial charge in [0, 0.05) is 29.3 Å². The molecule has 21 heavy (non-hydrogen) atoms. The zero-order chi connectivity index (χ0) is 14.7. The van der Waals surface area contributed by atoms with E-state index in [0.29, 0.717) is 0 Å². The third-order valence-corrected chi connectivity index (χ3v) is 3.52. The first-order valence-electron chi connectivity index (χ1n) is 7.26. The highest BCUT2D eigenvalue weighted by Gasteiger charge is 2.11. The summed E-state index contributed by atoms with van der Waals surface area (Å²) in [5.74, 6) is 0.927. The number of fused-ring (bicyclic) bond motifs is 1. The Labute approximate surface area is 124 Å². The van der Waals surface area contributed by atoms with Gasteiger partial charge in [-0.15, -0.1) is 0 Å². The van der Waals surface area contributed by atoms with Crippen LogP contribution in [0.25, 0.3) is 22.2 Å². The molecule has 106 valence electrons. The second-order valence-electron chi connectivity index (χ2n) is 4.84. The molecule has 0 radical (unpaired) electrons. The van der Waals surface area contributed by atoms with Gasteiger partial charge in [0.15, 0.2) is 0 Å². The van der Waals surface area contributed by atoms with Crippen molar-refractivity contribution in [1.82, 2.24) is 15.0 Å². The lowest BCUT2D eigenvalue weighted by molar-refractivity contribution is 1.03. The fourth-order valence-electron chi connectivity index (χ4n) is 2.54. The van der Waals surface area contributed by atoms with Gasteiger partial charge in [-0.3, -0.25) is 4.98 Å². The van der Waals surface area contributed by atoms with Crippen molar-refractivity contribution in [3.05, 3.63) is 48.4 Å². The van der Waals surface area contributed by atoms with Crippen LogP contribution in [-0.4, -0.2) is 21.5 Å². The third kappa shape index (κ3) is 2.57. The van der Waals surface area contributed by atoms with Gasteiger partial charge in [-0.25, -0.2) is 9.97 Å². The van der Waals surface area contributed by atoms with Crippen molar-refractivity contribution in [3.8, 4) is 11.3 Å².